The number of nitrogens with zero attached hydrogens (tertiary/aromatic N) is 2. The summed E-state index contributed by atoms with van der Waals surface area (Å²) in [6.07, 6.45) is 5.41. The maximum absolute atomic E-state index is 12.4. The third-order valence-electron chi connectivity index (χ3n) is 4.51. The number of aliphatic hydroxyl groups is 1. The number of carbonyl (C=O) groups excluding carboxylic acids is 1. The first-order chi connectivity index (χ1) is 13.8. The van der Waals surface area contributed by atoms with Crippen molar-refractivity contribution in [2.24, 2.45) is 0 Å². The first kappa shape index (κ1) is 19.7. The van der Waals surface area contributed by atoms with Gasteiger partial charge in [0.25, 0.3) is 11.4 Å². The monoisotopic (exact) mass is 392 g/mol. The van der Waals surface area contributed by atoms with E-state index < -0.39 is 9.85 Å². The van der Waals surface area contributed by atoms with E-state index in [0.29, 0.717) is 29.5 Å². The highest BCUT2D eigenvalue weighted by Crippen LogP contribution is 2.32. The number of nitro groups is 2. The molecule has 0 fully saturated rings. The second-order valence-electron chi connectivity index (χ2n) is 6.39. The summed E-state index contributed by atoms with van der Waals surface area (Å²) in [5, 5.41) is 31.8. The molecule has 0 aliphatic heterocycles. The maximum atomic E-state index is 12.4. The molecular formula is C21H16N2O6. The van der Waals surface area contributed by atoms with E-state index in [9.17, 15) is 30.1 Å². The molecule has 0 bridgehead atoms. The Labute approximate surface area is 165 Å². The van der Waals surface area contributed by atoms with E-state index >= 15 is 0 Å². The normalized spacial score (nSPS) is 15.2. The van der Waals surface area contributed by atoms with Gasteiger partial charge in [-0.3, -0.25) is 25.0 Å². The average Bonchev–Trinajstić information content (AvgIpc) is 3.07. The summed E-state index contributed by atoms with van der Waals surface area (Å²) in [6, 6.07) is 11.7. The van der Waals surface area contributed by atoms with Crippen molar-refractivity contribution in [2.45, 2.75) is 12.8 Å². The van der Waals surface area contributed by atoms with Gasteiger partial charge in [-0.25, -0.2) is 0 Å². The second kappa shape index (κ2) is 8.30. The summed E-state index contributed by atoms with van der Waals surface area (Å²) < 4.78 is 0. The number of benzene rings is 2. The Kier molecular flexibility index (Phi) is 5.64. The molecule has 0 unspecified atom stereocenters. The molecule has 146 valence electrons. The Bertz CT molecular complexity index is 1060. The minimum absolute atomic E-state index is 0.0226. The van der Waals surface area contributed by atoms with Crippen LogP contribution in [0.5, 0.6) is 0 Å². The third kappa shape index (κ3) is 4.62. The van der Waals surface area contributed by atoms with E-state index in [2.05, 4.69) is 0 Å². The molecule has 1 N–H and O–H groups in total. The zero-order valence-electron chi connectivity index (χ0n) is 15.1. The Hall–Kier alpha value is -4.07. The fourth-order valence-corrected chi connectivity index (χ4v) is 2.94. The van der Waals surface area contributed by atoms with Crippen LogP contribution in [-0.2, 0) is 4.79 Å². The Morgan fingerprint density at radius 1 is 0.862 bits per heavy atom. The number of nitro benzene ring substituents is 2. The molecule has 0 atom stereocenters. The number of aliphatic hydroxyl groups excluding tert-OH is 1. The highest BCUT2D eigenvalue weighted by Gasteiger charge is 2.23. The zero-order valence-corrected chi connectivity index (χ0v) is 15.1. The number of hydrogen-bond donors (Lipinski definition) is 1. The molecule has 2 aromatic rings. The minimum atomic E-state index is -0.501. The summed E-state index contributed by atoms with van der Waals surface area (Å²) in [4.78, 5) is 32.8. The highest BCUT2D eigenvalue weighted by molar-refractivity contribution is 6.07. The Morgan fingerprint density at radius 2 is 1.38 bits per heavy atom. The number of non-ortho nitro benzene ring substituents is 2. The molecule has 8 heteroatoms. The maximum Gasteiger partial charge on any atom is 0.269 e. The van der Waals surface area contributed by atoms with Gasteiger partial charge in [-0.1, -0.05) is 6.08 Å². The smallest absolute Gasteiger partial charge is 0.269 e. The summed E-state index contributed by atoms with van der Waals surface area (Å²) in [7, 11) is 0. The standard InChI is InChI=1S/C21H16N2O6/c24-20(12-5-14-1-7-17(8-2-14)22(26)27)19-11-6-16(21(19)25)13-15-3-9-18(10-4-15)23(28)29/h1-5,7-10,12-13,25H,6,11H2/b12-5+,16-13+. The fourth-order valence-electron chi connectivity index (χ4n) is 2.94. The molecule has 0 saturated carbocycles. The first-order valence-electron chi connectivity index (χ1n) is 8.69. The van der Waals surface area contributed by atoms with Crippen LogP contribution in [-0.4, -0.2) is 20.7 Å². The quantitative estimate of drug-likeness (QED) is 0.429. The van der Waals surface area contributed by atoms with Crippen molar-refractivity contribution < 1.29 is 19.7 Å². The summed E-state index contributed by atoms with van der Waals surface area (Å²) in [6.45, 7) is 0. The number of rotatable bonds is 6. The van der Waals surface area contributed by atoms with Gasteiger partial charge in [0.05, 0.1) is 9.85 Å². The molecule has 0 spiro atoms. The number of carbonyl (C=O) groups is 1. The van der Waals surface area contributed by atoms with Crippen molar-refractivity contribution in [1.82, 2.24) is 0 Å². The molecule has 0 heterocycles. The van der Waals surface area contributed by atoms with Gasteiger partial charge in [-0.2, -0.15) is 0 Å². The lowest BCUT2D eigenvalue weighted by atomic mass is 10.1. The predicted molar refractivity (Wildman–Crippen MR) is 107 cm³/mol. The molecule has 29 heavy (non-hydrogen) atoms. The van der Waals surface area contributed by atoms with E-state index in [1.54, 1.807) is 18.2 Å². The van der Waals surface area contributed by atoms with Crippen molar-refractivity contribution >= 4 is 29.3 Å². The van der Waals surface area contributed by atoms with Crippen LogP contribution < -0.4 is 0 Å². The van der Waals surface area contributed by atoms with Gasteiger partial charge in [-0.15, -0.1) is 0 Å². The summed E-state index contributed by atoms with van der Waals surface area (Å²) in [5.74, 6) is -0.422. The van der Waals surface area contributed by atoms with Gasteiger partial charge >= 0.3 is 0 Å². The predicted octanol–water partition coefficient (Wildman–Crippen LogP) is 4.77. The van der Waals surface area contributed by atoms with Crippen molar-refractivity contribution in [3.8, 4) is 0 Å². The Morgan fingerprint density at radius 3 is 1.90 bits per heavy atom. The van der Waals surface area contributed by atoms with E-state index in [0.717, 1.165) is 0 Å². The first-order valence-corrected chi connectivity index (χ1v) is 8.69. The largest absolute Gasteiger partial charge is 0.507 e. The van der Waals surface area contributed by atoms with Crippen LogP contribution in [0.4, 0.5) is 11.4 Å². The van der Waals surface area contributed by atoms with Crippen LogP contribution in [0.15, 0.2) is 71.5 Å². The lowest BCUT2D eigenvalue weighted by molar-refractivity contribution is -0.385. The van der Waals surface area contributed by atoms with Crippen molar-refractivity contribution in [1.29, 1.82) is 0 Å². The van der Waals surface area contributed by atoms with Crippen LogP contribution in [0, 0.1) is 20.2 Å². The van der Waals surface area contributed by atoms with Crippen LogP contribution in [0.2, 0.25) is 0 Å². The SMILES string of the molecule is O=C(/C=C/c1ccc([N+](=O)[O-])cc1)C1=C(O)/C(=C/c2ccc([N+](=O)[O-])cc2)CC1. The molecular weight excluding hydrogens is 376 g/mol. The molecule has 2 aromatic carbocycles. The van der Waals surface area contributed by atoms with Gasteiger partial charge in [0.1, 0.15) is 5.76 Å². The van der Waals surface area contributed by atoms with E-state index in [1.807, 2.05) is 0 Å². The fraction of sp³-hybridized carbons (Fsp3) is 0.0952. The van der Waals surface area contributed by atoms with Crippen molar-refractivity contribution in [3.05, 3.63) is 103 Å². The van der Waals surface area contributed by atoms with Crippen LogP contribution >= 0.6 is 0 Å². The minimum Gasteiger partial charge on any atom is -0.507 e. The molecule has 0 saturated heterocycles. The summed E-state index contributed by atoms with van der Waals surface area (Å²) >= 11 is 0. The van der Waals surface area contributed by atoms with Gasteiger partial charge < -0.3 is 5.11 Å². The number of allylic oxidation sites excluding steroid dienone is 3. The topological polar surface area (TPSA) is 124 Å². The second-order valence-corrected chi connectivity index (χ2v) is 6.39. The van der Waals surface area contributed by atoms with Crippen molar-refractivity contribution in [2.75, 3.05) is 0 Å². The molecule has 0 amide bonds. The van der Waals surface area contributed by atoms with Gasteiger partial charge in [0.15, 0.2) is 5.78 Å². The number of hydrogen-bond acceptors (Lipinski definition) is 6. The summed E-state index contributed by atoms with van der Waals surface area (Å²) in [5.41, 5.74) is 2.13. The van der Waals surface area contributed by atoms with Gasteiger partial charge in [-0.05, 0) is 66.0 Å². The van der Waals surface area contributed by atoms with Crippen LogP contribution in [0.3, 0.4) is 0 Å². The molecule has 3 rings (SSSR count). The zero-order chi connectivity index (χ0) is 21.0. The molecule has 8 nitrogen and oxygen atoms in total. The van der Waals surface area contributed by atoms with E-state index in [4.69, 9.17) is 0 Å². The molecule has 0 aromatic heterocycles. The van der Waals surface area contributed by atoms with Gasteiger partial charge in [0, 0.05) is 29.8 Å². The number of ketones is 1. The highest BCUT2D eigenvalue weighted by atomic mass is 16.6. The van der Waals surface area contributed by atoms with Crippen LogP contribution in [0.1, 0.15) is 24.0 Å². The molecule has 1 aliphatic rings. The van der Waals surface area contributed by atoms with Crippen LogP contribution in [0.25, 0.3) is 12.2 Å². The average molecular weight is 392 g/mol. The van der Waals surface area contributed by atoms with E-state index in [-0.39, 0.29) is 28.5 Å². The lowest BCUT2D eigenvalue weighted by Crippen LogP contribution is -1.98. The third-order valence-corrected chi connectivity index (χ3v) is 4.51. The van der Waals surface area contributed by atoms with E-state index in [1.165, 1.54) is 48.6 Å². The lowest BCUT2D eigenvalue weighted by Gasteiger charge is -2.00. The van der Waals surface area contributed by atoms with Crippen molar-refractivity contribution in [3.63, 3.8) is 0 Å². The molecule has 1 aliphatic carbocycles. The molecule has 0 radical (unpaired) electrons. The Balaban J connectivity index is 1.74. The van der Waals surface area contributed by atoms with Gasteiger partial charge in [0.2, 0.25) is 0 Å².